The van der Waals surface area contributed by atoms with E-state index in [1.165, 1.54) is 24.3 Å². The Morgan fingerprint density at radius 3 is 2.80 bits per heavy atom. The lowest BCUT2D eigenvalue weighted by molar-refractivity contribution is -0.145. The molecule has 0 spiro atoms. The molecule has 0 aliphatic carbocycles. The molecule has 0 fully saturated rings. The molecule has 0 saturated carbocycles. The Hall–Kier alpha value is -1.92. The first-order valence-corrected chi connectivity index (χ1v) is 5.98. The number of amides is 1. The van der Waals surface area contributed by atoms with E-state index in [-0.39, 0.29) is 10.6 Å². The standard InChI is InChI=1S/C13H13ClFNO4/c1-20-13(19)11(7-17)16-12(18)6-5-8-9(14)3-2-4-10(8)15/h2-6,11,17H,7H2,1H3,(H,16,18)/b6-5+/t11-/m0/s1. The molecule has 0 unspecified atom stereocenters. The lowest BCUT2D eigenvalue weighted by Crippen LogP contribution is -2.43. The van der Waals surface area contributed by atoms with E-state index in [2.05, 4.69) is 10.1 Å². The van der Waals surface area contributed by atoms with Gasteiger partial charge in [0.15, 0.2) is 6.04 Å². The highest BCUT2D eigenvalue weighted by molar-refractivity contribution is 6.32. The van der Waals surface area contributed by atoms with Gasteiger partial charge in [0.1, 0.15) is 5.82 Å². The molecule has 0 aliphatic rings. The van der Waals surface area contributed by atoms with Crippen LogP contribution in [0.4, 0.5) is 4.39 Å². The van der Waals surface area contributed by atoms with Gasteiger partial charge in [0.05, 0.1) is 18.7 Å². The average molecular weight is 302 g/mol. The summed E-state index contributed by atoms with van der Waals surface area (Å²) in [5.41, 5.74) is 0.0583. The fraction of sp³-hybridized carbons (Fsp3) is 0.231. The molecule has 5 nitrogen and oxygen atoms in total. The van der Waals surface area contributed by atoms with Crippen LogP contribution >= 0.6 is 11.6 Å². The third-order valence-electron chi connectivity index (χ3n) is 2.39. The van der Waals surface area contributed by atoms with Crippen molar-refractivity contribution in [2.75, 3.05) is 13.7 Å². The van der Waals surface area contributed by atoms with Gasteiger partial charge in [-0.25, -0.2) is 9.18 Å². The monoisotopic (exact) mass is 301 g/mol. The van der Waals surface area contributed by atoms with Gasteiger partial charge in [-0.15, -0.1) is 0 Å². The fourth-order valence-electron chi connectivity index (χ4n) is 1.37. The number of methoxy groups -OCH3 is 1. The van der Waals surface area contributed by atoms with Gasteiger partial charge in [0, 0.05) is 11.6 Å². The maximum Gasteiger partial charge on any atom is 0.330 e. The minimum Gasteiger partial charge on any atom is -0.467 e. The van der Waals surface area contributed by atoms with Gasteiger partial charge >= 0.3 is 5.97 Å². The summed E-state index contributed by atoms with van der Waals surface area (Å²) < 4.78 is 17.8. The molecule has 7 heteroatoms. The average Bonchev–Trinajstić information content (AvgIpc) is 2.43. The molecule has 0 heterocycles. The second-order valence-corrected chi connectivity index (χ2v) is 4.14. The van der Waals surface area contributed by atoms with E-state index in [1.54, 1.807) is 0 Å². The van der Waals surface area contributed by atoms with E-state index in [0.717, 1.165) is 13.2 Å². The van der Waals surface area contributed by atoms with Crippen molar-refractivity contribution in [3.05, 3.63) is 40.7 Å². The number of esters is 1. The fourth-order valence-corrected chi connectivity index (χ4v) is 1.60. The van der Waals surface area contributed by atoms with Crippen LogP contribution in [-0.2, 0) is 14.3 Å². The lowest BCUT2D eigenvalue weighted by Gasteiger charge is -2.12. The summed E-state index contributed by atoms with van der Waals surface area (Å²) in [6, 6.07) is 2.95. The molecule has 108 valence electrons. The molecule has 1 atom stereocenters. The summed E-state index contributed by atoms with van der Waals surface area (Å²) in [6.45, 7) is -0.604. The number of nitrogens with one attached hydrogen (secondary N) is 1. The summed E-state index contributed by atoms with van der Waals surface area (Å²) in [4.78, 5) is 22.7. The van der Waals surface area contributed by atoms with E-state index in [0.29, 0.717) is 0 Å². The van der Waals surface area contributed by atoms with Gasteiger partial charge in [0.2, 0.25) is 5.91 Å². The van der Waals surface area contributed by atoms with E-state index in [4.69, 9.17) is 16.7 Å². The van der Waals surface area contributed by atoms with Crippen LogP contribution in [0.5, 0.6) is 0 Å². The van der Waals surface area contributed by atoms with Crippen molar-refractivity contribution < 1.29 is 23.8 Å². The number of ether oxygens (including phenoxy) is 1. The van der Waals surface area contributed by atoms with E-state index in [9.17, 15) is 14.0 Å². The summed E-state index contributed by atoms with van der Waals surface area (Å²) in [5, 5.41) is 11.3. The van der Waals surface area contributed by atoms with Crippen LogP contribution in [0.15, 0.2) is 24.3 Å². The molecule has 0 aromatic heterocycles. The zero-order valence-electron chi connectivity index (χ0n) is 10.6. The van der Waals surface area contributed by atoms with Crippen LogP contribution in [0.3, 0.4) is 0 Å². The van der Waals surface area contributed by atoms with Crippen LogP contribution in [0, 0.1) is 5.82 Å². The molecule has 1 aromatic carbocycles. The van der Waals surface area contributed by atoms with Crippen molar-refractivity contribution in [2.24, 2.45) is 0 Å². The van der Waals surface area contributed by atoms with E-state index in [1.807, 2.05) is 0 Å². The quantitative estimate of drug-likeness (QED) is 0.632. The smallest absolute Gasteiger partial charge is 0.330 e. The highest BCUT2D eigenvalue weighted by Gasteiger charge is 2.19. The number of benzene rings is 1. The minimum atomic E-state index is -1.17. The van der Waals surface area contributed by atoms with Crippen LogP contribution < -0.4 is 5.32 Å². The minimum absolute atomic E-state index is 0.0583. The van der Waals surface area contributed by atoms with Crippen molar-refractivity contribution in [2.45, 2.75) is 6.04 Å². The normalized spacial score (nSPS) is 12.2. The maximum absolute atomic E-state index is 13.4. The third-order valence-corrected chi connectivity index (χ3v) is 2.72. The Bertz CT molecular complexity index is 513. The van der Waals surface area contributed by atoms with Crippen LogP contribution in [-0.4, -0.2) is 36.7 Å². The summed E-state index contributed by atoms with van der Waals surface area (Å²) >= 11 is 5.78. The topological polar surface area (TPSA) is 75.6 Å². The first-order chi connectivity index (χ1) is 9.49. The van der Waals surface area contributed by atoms with E-state index >= 15 is 0 Å². The Labute approximate surface area is 120 Å². The Morgan fingerprint density at radius 1 is 1.55 bits per heavy atom. The number of hydrogen-bond acceptors (Lipinski definition) is 4. The number of carbonyl (C=O) groups excluding carboxylic acids is 2. The van der Waals surface area contributed by atoms with Crippen molar-refractivity contribution in [1.82, 2.24) is 5.32 Å². The molecule has 1 amide bonds. The molecule has 1 aromatic rings. The number of rotatable bonds is 5. The molecule has 0 saturated heterocycles. The lowest BCUT2D eigenvalue weighted by atomic mass is 10.2. The highest BCUT2D eigenvalue weighted by atomic mass is 35.5. The van der Waals surface area contributed by atoms with Crippen molar-refractivity contribution in [1.29, 1.82) is 0 Å². The third kappa shape index (κ3) is 4.32. The molecular formula is C13H13ClFNO4. The SMILES string of the molecule is COC(=O)[C@H](CO)NC(=O)/C=C/c1c(F)cccc1Cl. The Balaban J connectivity index is 2.75. The van der Waals surface area contributed by atoms with Crippen LogP contribution in [0.2, 0.25) is 5.02 Å². The number of aliphatic hydroxyl groups is 1. The Kier molecular flexibility index (Phi) is 6.14. The molecular weight excluding hydrogens is 289 g/mol. The first kappa shape index (κ1) is 16.1. The molecule has 1 rings (SSSR count). The second kappa shape index (κ2) is 7.62. The van der Waals surface area contributed by atoms with Crippen LogP contribution in [0.1, 0.15) is 5.56 Å². The van der Waals surface area contributed by atoms with Crippen LogP contribution in [0.25, 0.3) is 6.08 Å². The van der Waals surface area contributed by atoms with Gasteiger partial charge in [0.25, 0.3) is 0 Å². The van der Waals surface area contributed by atoms with Gasteiger partial charge in [-0.1, -0.05) is 17.7 Å². The molecule has 20 heavy (non-hydrogen) atoms. The maximum atomic E-state index is 13.4. The zero-order valence-corrected chi connectivity index (χ0v) is 11.4. The van der Waals surface area contributed by atoms with Gasteiger partial charge < -0.3 is 15.2 Å². The summed E-state index contributed by atoms with van der Waals surface area (Å²) in [7, 11) is 1.13. The highest BCUT2D eigenvalue weighted by Crippen LogP contribution is 2.20. The van der Waals surface area contributed by atoms with Crippen molar-refractivity contribution in [3.63, 3.8) is 0 Å². The second-order valence-electron chi connectivity index (χ2n) is 3.74. The molecule has 0 radical (unpaired) electrons. The largest absolute Gasteiger partial charge is 0.467 e. The predicted octanol–water partition coefficient (Wildman–Crippen LogP) is 1.14. The number of hydrogen-bond donors (Lipinski definition) is 2. The molecule has 2 N–H and O–H groups in total. The predicted molar refractivity (Wildman–Crippen MR) is 71.5 cm³/mol. The summed E-state index contributed by atoms with van der Waals surface area (Å²) in [6.07, 6.45) is 2.19. The van der Waals surface area contributed by atoms with E-state index < -0.39 is 30.3 Å². The number of halogens is 2. The Morgan fingerprint density at radius 2 is 2.25 bits per heavy atom. The number of aliphatic hydroxyl groups excluding tert-OH is 1. The first-order valence-electron chi connectivity index (χ1n) is 5.61. The molecule has 0 bridgehead atoms. The van der Waals surface area contributed by atoms with Crippen molar-refractivity contribution in [3.8, 4) is 0 Å². The van der Waals surface area contributed by atoms with Gasteiger partial charge in [-0.3, -0.25) is 4.79 Å². The van der Waals surface area contributed by atoms with Gasteiger partial charge in [-0.05, 0) is 18.2 Å². The molecule has 0 aliphatic heterocycles. The summed E-state index contributed by atoms with van der Waals surface area (Å²) in [5.74, 6) is -2.04. The van der Waals surface area contributed by atoms with Crippen molar-refractivity contribution >= 4 is 29.6 Å². The van der Waals surface area contributed by atoms with Gasteiger partial charge in [-0.2, -0.15) is 0 Å². The number of carbonyl (C=O) groups is 2. The zero-order chi connectivity index (χ0) is 15.1.